The molecule has 0 bridgehead atoms. The summed E-state index contributed by atoms with van der Waals surface area (Å²) in [6.45, 7) is 7.50. The quantitative estimate of drug-likeness (QED) is 0.231. The van der Waals surface area contributed by atoms with Crippen LogP contribution in [0.25, 0.3) is 0 Å². The van der Waals surface area contributed by atoms with Gasteiger partial charge < -0.3 is 19.8 Å². The van der Waals surface area contributed by atoms with Crippen LogP contribution in [-0.2, 0) is 11.2 Å². The molecule has 0 radical (unpaired) electrons. The van der Waals surface area contributed by atoms with E-state index in [2.05, 4.69) is 21.8 Å². The maximum absolute atomic E-state index is 5.38. The lowest BCUT2D eigenvalue weighted by Crippen LogP contribution is -2.40. The predicted molar refractivity (Wildman–Crippen MR) is 116 cm³/mol. The van der Waals surface area contributed by atoms with E-state index in [1.165, 1.54) is 0 Å². The number of morpholine rings is 1. The van der Waals surface area contributed by atoms with E-state index in [9.17, 15) is 0 Å². The van der Waals surface area contributed by atoms with Crippen molar-refractivity contribution < 1.29 is 9.15 Å². The summed E-state index contributed by atoms with van der Waals surface area (Å²) in [5.74, 6) is 2.98. The zero-order chi connectivity index (χ0) is 16.9. The van der Waals surface area contributed by atoms with Gasteiger partial charge >= 0.3 is 0 Å². The van der Waals surface area contributed by atoms with E-state index >= 15 is 0 Å². The van der Waals surface area contributed by atoms with E-state index in [4.69, 9.17) is 14.1 Å². The third-order valence-electron chi connectivity index (χ3n) is 3.85. The topological polar surface area (TPSA) is 62.0 Å². The molecule has 1 fully saturated rings. The number of guanidine groups is 1. The maximum Gasteiger partial charge on any atom is 0.191 e. The Morgan fingerprint density at radius 1 is 1.28 bits per heavy atom. The van der Waals surface area contributed by atoms with Crippen LogP contribution in [0.15, 0.2) is 27.8 Å². The highest BCUT2D eigenvalue weighted by Gasteiger charge is 2.09. The second-order valence-corrected chi connectivity index (χ2v) is 6.70. The Labute approximate surface area is 172 Å². The molecule has 0 amide bonds. The number of nitrogens with zero attached hydrogens (tertiary/aromatic N) is 2. The van der Waals surface area contributed by atoms with Crippen molar-refractivity contribution in [3.63, 3.8) is 0 Å². The van der Waals surface area contributed by atoms with Gasteiger partial charge in [-0.25, -0.2) is 0 Å². The molecule has 1 aliphatic heterocycles. The van der Waals surface area contributed by atoms with E-state index in [0.29, 0.717) is 0 Å². The molecule has 1 aliphatic rings. The molecule has 1 aromatic rings. The van der Waals surface area contributed by atoms with Gasteiger partial charge in [0.1, 0.15) is 5.76 Å². The van der Waals surface area contributed by atoms with Crippen molar-refractivity contribution in [2.45, 2.75) is 12.8 Å². The summed E-state index contributed by atoms with van der Waals surface area (Å²) < 4.78 is 10.7. The van der Waals surface area contributed by atoms with Gasteiger partial charge in [0.25, 0.3) is 0 Å². The summed E-state index contributed by atoms with van der Waals surface area (Å²) in [4.78, 5) is 7.14. The Bertz CT molecular complexity index is 454. The van der Waals surface area contributed by atoms with Gasteiger partial charge in [0.05, 0.1) is 19.5 Å². The second-order valence-electron chi connectivity index (χ2n) is 5.71. The lowest BCUT2D eigenvalue weighted by atomic mass is 10.3. The smallest absolute Gasteiger partial charge is 0.191 e. The Morgan fingerprint density at radius 2 is 2.08 bits per heavy atom. The molecule has 2 rings (SSSR count). The number of hydrogen-bond donors (Lipinski definition) is 2. The molecule has 0 aromatic carbocycles. The summed E-state index contributed by atoms with van der Waals surface area (Å²) in [6, 6.07) is 3.93. The zero-order valence-electron chi connectivity index (χ0n) is 15.0. The number of furan rings is 1. The van der Waals surface area contributed by atoms with Crippen molar-refractivity contribution in [2.24, 2.45) is 4.99 Å². The third kappa shape index (κ3) is 10.3. The number of nitrogens with one attached hydrogen (secondary N) is 2. The number of halogens is 1. The normalized spacial score (nSPS) is 15.6. The van der Waals surface area contributed by atoms with Crippen LogP contribution in [0.1, 0.15) is 12.2 Å². The molecule has 25 heavy (non-hydrogen) atoms. The van der Waals surface area contributed by atoms with Gasteiger partial charge in [-0.15, -0.1) is 24.0 Å². The first kappa shape index (κ1) is 22.6. The van der Waals surface area contributed by atoms with Gasteiger partial charge in [0, 0.05) is 51.4 Å². The molecule has 0 unspecified atom stereocenters. The van der Waals surface area contributed by atoms with Crippen molar-refractivity contribution >= 4 is 41.7 Å². The summed E-state index contributed by atoms with van der Waals surface area (Å²) in [5, 5.41) is 6.78. The molecular weight excluding hydrogens is 451 g/mol. The van der Waals surface area contributed by atoms with E-state index in [1.807, 2.05) is 23.9 Å². The van der Waals surface area contributed by atoms with Crippen molar-refractivity contribution in [1.82, 2.24) is 15.5 Å². The monoisotopic (exact) mass is 482 g/mol. The number of rotatable bonds is 10. The van der Waals surface area contributed by atoms with E-state index in [0.717, 1.165) is 82.8 Å². The molecule has 144 valence electrons. The van der Waals surface area contributed by atoms with Crippen molar-refractivity contribution in [3.8, 4) is 0 Å². The molecule has 0 saturated carbocycles. The average molecular weight is 482 g/mol. The van der Waals surface area contributed by atoms with Crippen LogP contribution in [0, 0.1) is 0 Å². The highest BCUT2D eigenvalue weighted by molar-refractivity contribution is 14.0. The van der Waals surface area contributed by atoms with Crippen molar-refractivity contribution in [3.05, 3.63) is 24.2 Å². The molecule has 0 aliphatic carbocycles. The van der Waals surface area contributed by atoms with Crippen LogP contribution < -0.4 is 10.6 Å². The van der Waals surface area contributed by atoms with E-state index in [1.54, 1.807) is 6.26 Å². The van der Waals surface area contributed by atoms with Gasteiger partial charge in [-0.3, -0.25) is 9.89 Å². The van der Waals surface area contributed by atoms with Crippen LogP contribution in [0.2, 0.25) is 0 Å². The Hall–Kier alpha value is -0.450. The van der Waals surface area contributed by atoms with E-state index < -0.39 is 0 Å². The lowest BCUT2D eigenvalue weighted by Gasteiger charge is -2.26. The van der Waals surface area contributed by atoms with Crippen LogP contribution in [0.3, 0.4) is 0 Å². The largest absolute Gasteiger partial charge is 0.469 e. The summed E-state index contributed by atoms with van der Waals surface area (Å²) in [7, 11) is 0. The molecule has 1 saturated heterocycles. The maximum atomic E-state index is 5.38. The highest BCUT2D eigenvalue weighted by Crippen LogP contribution is 2.00. The minimum Gasteiger partial charge on any atom is -0.469 e. The molecule has 8 heteroatoms. The van der Waals surface area contributed by atoms with Crippen LogP contribution >= 0.6 is 35.7 Å². The number of aliphatic imine (C=N–C) groups is 1. The first-order valence-corrected chi connectivity index (χ1v) is 10.1. The fraction of sp³-hybridized carbons (Fsp3) is 0.706. The van der Waals surface area contributed by atoms with Gasteiger partial charge in [0.2, 0.25) is 0 Å². The van der Waals surface area contributed by atoms with Crippen molar-refractivity contribution in [1.29, 1.82) is 0 Å². The molecule has 0 atom stereocenters. The molecular formula is C17H31IN4O2S. The van der Waals surface area contributed by atoms with Gasteiger partial charge in [-0.2, -0.15) is 11.8 Å². The first-order chi connectivity index (χ1) is 11.9. The molecule has 6 nitrogen and oxygen atoms in total. The van der Waals surface area contributed by atoms with Gasteiger partial charge in [0.15, 0.2) is 5.96 Å². The van der Waals surface area contributed by atoms with Crippen LogP contribution in [0.5, 0.6) is 0 Å². The SMILES string of the molecule is CSCCNC(=NCCCN1CCOCC1)NCCc1ccco1.I. The van der Waals surface area contributed by atoms with Crippen LogP contribution in [-0.4, -0.2) is 75.4 Å². The fourth-order valence-corrected chi connectivity index (χ4v) is 2.82. The fourth-order valence-electron chi connectivity index (χ4n) is 2.51. The Balaban J connectivity index is 0.00000312. The number of hydrogen-bond acceptors (Lipinski definition) is 5. The van der Waals surface area contributed by atoms with E-state index in [-0.39, 0.29) is 24.0 Å². The van der Waals surface area contributed by atoms with Gasteiger partial charge in [-0.05, 0) is 24.8 Å². The average Bonchev–Trinajstić information content (AvgIpc) is 3.13. The summed E-state index contributed by atoms with van der Waals surface area (Å²) in [6.07, 6.45) is 5.77. The lowest BCUT2D eigenvalue weighted by molar-refractivity contribution is 0.0377. The van der Waals surface area contributed by atoms with Crippen molar-refractivity contribution in [2.75, 3.05) is 64.5 Å². The molecule has 2 heterocycles. The summed E-state index contributed by atoms with van der Waals surface area (Å²) >= 11 is 1.83. The molecule has 0 spiro atoms. The molecule has 1 aromatic heterocycles. The minimum atomic E-state index is 0. The predicted octanol–water partition coefficient (Wildman–Crippen LogP) is 2.06. The first-order valence-electron chi connectivity index (χ1n) is 8.72. The standard InChI is InChI=1S/C17H30N4O2S.HI/c1-24-15-8-20-17(19-7-5-16-4-2-12-23-16)18-6-3-9-21-10-13-22-14-11-21;/h2,4,12H,3,5-11,13-15H2,1H3,(H2,18,19,20);1H. The Morgan fingerprint density at radius 3 is 2.80 bits per heavy atom. The summed E-state index contributed by atoms with van der Waals surface area (Å²) in [5.41, 5.74) is 0. The number of thioether (sulfide) groups is 1. The van der Waals surface area contributed by atoms with Crippen LogP contribution in [0.4, 0.5) is 0 Å². The second kappa shape index (κ2) is 14.7. The number of ether oxygens (including phenoxy) is 1. The highest BCUT2D eigenvalue weighted by atomic mass is 127. The minimum absolute atomic E-state index is 0. The zero-order valence-corrected chi connectivity index (χ0v) is 18.2. The third-order valence-corrected chi connectivity index (χ3v) is 4.46. The van der Waals surface area contributed by atoms with Gasteiger partial charge in [-0.1, -0.05) is 0 Å². The Kier molecular flexibility index (Phi) is 13.3. The molecule has 2 N–H and O–H groups in total.